The lowest BCUT2D eigenvalue weighted by molar-refractivity contribution is 0.784. The molecule has 2 aromatic carbocycles. The standard InChI is InChI=1S/C19H20ClN3.ClH/c1-13-10-17-18(11-14(13)2)23(19-21-8-3-9-22(17)19)12-15-4-6-16(20)7-5-15;/h4-7,10-11H,3,8-9,12H2,1-2H3;1H. The van der Waals surface area contributed by atoms with Crippen LogP contribution in [0.1, 0.15) is 23.1 Å². The molecule has 0 radical (unpaired) electrons. The average molecular weight is 362 g/mol. The van der Waals surface area contributed by atoms with Gasteiger partial charge in [-0.05, 0) is 61.2 Å². The van der Waals surface area contributed by atoms with E-state index in [1.807, 2.05) is 12.1 Å². The molecular weight excluding hydrogens is 341 g/mol. The fourth-order valence-corrected chi connectivity index (χ4v) is 3.43. The molecule has 2 aliphatic heterocycles. The summed E-state index contributed by atoms with van der Waals surface area (Å²) in [7, 11) is 0. The van der Waals surface area contributed by atoms with Gasteiger partial charge in [-0.25, -0.2) is 0 Å². The molecule has 0 N–H and O–H groups in total. The van der Waals surface area contributed by atoms with Crippen molar-refractivity contribution < 1.29 is 0 Å². The predicted octanol–water partition coefficient (Wildman–Crippen LogP) is 4.96. The second kappa shape index (κ2) is 6.66. The van der Waals surface area contributed by atoms with Gasteiger partial charge in [0.2, 0.25) is 5.96 Å². The summed E-state index contributed by atoms with van der Waals surface area (Å²) in [5.74, 6) is 1.09. The normalized spacial score (nSPS) is 15.5. The molecule has 5 heteroatoms. The molecule has 0 bridgehead atoms. The number of benzene rings is 2. The molecule has 3 nitrogen and oxygen atoms in total. The lowest BCUT2D eigenvalue weighted by Gasteiger charge is -2.27. The van der Waals surface area contributed by atoms with Gasteiger partial charge in [-0.3, -0.25) is 4.99 Å². The Labute approximate surface area is 154 Å². The van der Waals surface area contributed by atoms with Crippen LogP contribution < -0.4 is 9.80 Å². The topological polar surface area (TPSA) is 18.8 Å². The summed E-state index contributed by atoms with van der Waals surface area (Å²) in [5, 5.41) is 0.777. The average Bonchev–Trinajstić information content (AvgIpc) is 2.84. The Morgan fingerprint density at radius 2 is 1.71 bits per heavy atom. The number of aliphatic imine (C=N–C) groups is 1. The van der Waals surface area contributed by atoms with E-state index in [1.54, 1.807) is 0 Å². The van der Waals surface area contributed by atoms with Gasteiger partial charge in [0.1, 0.15) is 0 Å². The van der Waals surface area contributed by atoms with Crippen molar-refractivity contribution in [2.75, 3.05) is 22.9 Å². The maximum absolute atomic E-state index is 6.01. The summed E-state index contributed by atoms with van der Waals surface area (Å²) < 4.78 is 0. The predicted molar refractivity (Wildman–Crippen MR) is 105 cm³/mol. The number of hydrogen-bond acceptors (Lipinski definition) is 3. The van der Waals surface area contributed by atoms with Gasteiger partial charge in [-0.15, -0.1) is 12.4 Å². The van der Waals surface area contributed by atoms with Crippen molar-refractivity contribution in [1.29, 1.82) is 0 Å². The van der Waals surface area contributed by atoms with Crippen molar-refractivity contribution in [3.8, 4) is 0 Å². The Morgan fingerprint density at radius 1 is 1.04 bits per heavy atom. The first-order valence-corrected chi connectivity index (χ1v) is 8.46. The minimum absolute atomic E-state index is 0. The lowest BCUT2D eigenvalue weighted by atomic mass is 10.1. The van der Waals surface area contributed by atoms with Crippen molar-refractivity contribution in [3.63, 3.8) is 0 Å². The molecule has 0 saturated carbocycles. The summed E-state index contributed by atoms with van der Waals surface area (Å²) in [5.41, 5.74) is 6.46. The monoisotopic (exact) mass is 361 g/mol. The molecule has 4 rings (SSSR count). The van der Waals surface area contributed by atoms with Crippen LogP contribution in [-0.4, -0.2) is 19.0 Å². The second-order valence-corrected chi connectivity index (χ2v) is 6.76. The van der Waals surface area contributed by atoms with Crippen LogP contribution in [-0.2, 0) is 6.54 Å². The third-order valence-electron chi connectivity index (χ3n) is 4.70. The van der Waals surface area contributed by atoms with Gasteiger partial charge in [-0.1, -0.05) is 23.7 Å². The van der Waals surface area contributed by atoms with Crippen LogP contribution in [0.2, 0.25) is 5.02 Å². The molecule has 0 amide bonds. The van der Waals surface area contributed by atoms with E-state index in [-0.39, 0.29) is 12.4 Å². The van der Waals surface area contributed by atoms with Crippen molar-refractivity contribution >= 4 is 41.3 Å². The van der Waals surface area contributed by atoms with Gasteiger partial charge in [0.05, 0.1) is 17.9 Å². The van der Waals surface area contributed by atoms with Crippen LogP contribution in [0.5, 0.6) is 0 Å². The molecule has 0 aromatic heterocycles. The number of nitrogens with zero attached hydrogens (tertiary/aromatic N) is 3. The van der Waals surface area contributed by atoms with Crippen LogP contribution in [0.4, 0.5) is 11.4 Å². The molecule has 0 aliphatic carbocycles. The number of guanidine groups is 1. The van der Waals surface area contributed by atoms with Crippen molar-refractivity contribution in [3.05, 3.63) is 58.1 Å². The second-order valence-electron chi connectivity index (χ2n) is 6.32. The smallest absolute Gasteiger partial charge is 0.206 e. The number of hydrogen-bond donors (Lipinski definition) is 0. The zero-order chi connectivity index (χ0) is 16.0. The minimum atomic E-state index is 0. The Kier molecular flexibility index (Phi) is 4.75. The highest BCUT2D eigenvalue weighted by atomic mass is 35.5. The number of fused-ring (bicyclic) bond motifs is 3. The molecule has 24 heavy (non-hydrogen) atoms. The summed E-state index contributed by atoms with van der Waals surface area (Å²) in [6.45, 7) is 7.13. The molecule has 0 saturated heterocycles. The molecule has 2 heterocycles. The third-order valence-corrected chi connectivity index (χ3v) is 4.95. The fraction of sp³-hybridized carbons (Fsp3) is 0.316. The van der Waals surface area contributed by atoms with Crippen molar-refractivity contribution in [2.24, 2.45) is 4.99 Å². The van der Waals surface area contributed by atoms with Crippen molar-refractivity contribution in [1.82, 2.24) is 0 Å². The van der Waals surface area contributed by atoms with Crippen LogP contribution in [0.15, 0.2) is 41.4 Å². The molecule has 0 unspecified atom stereocenters. The number of anilines is 2. The van der Waals surface area contributed by atoms with E-state index in [2.05, 4.69) is 47.9 Å². The molecule has 0 atom stereocenters. The maximum atomic E-state index is 6.01. The van der Waals surface area contributed by atoms with Gasteiger partial charge >= 0.3 is 0 Å². The Balaban J connectivity index is 0.00000169. The fourth-order valence-electron chi connectivity index (χ4n) is 3.31. The van der Waals surface area contributed by atoms with E-state index in [1.165, 1.54) is 28.1 Å². The first kappa shape index (κ1) is 17.1. The largest absolute Gasteiger partial charge is 0.310 e. The van der Waals surface area contributed by atoms with E-state index >= 15 is 0 Å². The first-order valence-electron chi connectivity index (χ1n) is 8.09. The summed E-state index contributed by atoms with van der Waals surface area (Å²) in [4.78, 5) is 9.50. The number of rotatable bonds is 2. The van der Waals surface area contributed by atoms with Gasteiger partial charge in [-0.2, -0.15) is 0 Å². The van der Waals surface area contributed by atoms with Gasteiger partial charge in [0.25, 0.3) is 0 Å². The van der Waals surface area contributed by atoms with E-state index in [0.717, 1.165) is 37.0 Å². The zero-order valence-corrected chi connectivity index (χ0v) is 15.5. The highest BCUT2D eigenvalue weighted by Gasteiger charge is 2.34. The molecule has 0 fully saturated rings. The minimum Gasteiger partial charge on any atom is -0.310 e. The first-order chi connectivity index (χ1) is 11.1. The molecule has 2 aliphatic rings. The number of aryl methyl sites for hydroxylation is 2. The third kappa shape index (κ3) is 2.87. The zero-order valence-electron chi connectivity index (χ0n) is 13.9. The highest BCUT2D eigenvalue weighted by Crippen LogP contribution is 2.41. The van der Waals surface area contributed by atoms with Gasteiger partial charge < -0.3 is 9.80 Å². The Hall–Kier alpha value is -1.71. The molecule has 0 spiro atoms. The van der Waals surface area contributed by atoms with Crippen LogP contribution in [0.25, 0.3) is 0 Å². The van der Waals surface area contributed by atoms with Crippen LogP contribution >= 0.6 is 24.0 Å². The van der Waals surface area contributed by atoms with E-state index in [4.69, 9.17) is 16.6 Å². The quantitative estimate of drug-likeness (QED) is 0.752. The highest BCUT2D eigenvalue weighted by molar-refractivity contribution is 6.30. The number of halogens is 2. The summed E-state index contributed by atoms with van der Waals surface area (Å²) >= 11 is 6.01. The summed E-state index contributed by atoms with van der Waals surface area (Å²) in [6, 6.07) is 12.7. The van der Waals surface area contributed by atoms with Gasteiger partial charge in [0, 0.05) is 18.1 Å². The molecule has 126 valence electrons. The maximum Gasteiger partial charge on any atom is 0.206 e. The Bertz CT molecular complexity index is 784. The van der Waals surface area contributed by atoms with Crippen LogP contribution in [0.3, 0.4) is 0 Å². The summed E-state index contributed by atoms with van der Waals surface area (Å²) in [6.07, 6.45) is 1.12. The SMILES string of the molecule is Cc1cc2c(cc1C)N(Cc1ccc(Cl)cc1)C1=NCCCN12.Cl. The Morgan fingerprint density at radius 3 is 2.42 bits per heavy atom. The van der Waals surface area contributed by atoms with E-state index in [0.29, 0.717) is 0 Å². The van der Waals surface area contributed by atoms with E-state index < -0.39 is 0 Å². The van der Waals surface area contributed by atoms with Gasteiger partial charge in [0.15, 0.2) is 0 Å². The lowest BCUT2D eigenvalue weighted by Crippen LogP contribution is -2.41. The molecule has 2 aromatic rings. The molecular formula is C19H21Cl2N3. The van der Waals surface area contributed by atoms with E-state index in [9.17, 15) is 0 Å². The van der Waals surface area contributed by atoms with Crippen LogP contribution in [0, 0.1) is 13.8 Å². The van der Waals surface area contributed by atoms with Crippen molar-refractivity contribution in [2.45, 2.75) is 26.8 Å².